The van der Waals surface area contributed by atoms with Crippen LogP contribution in [0.2, 0.25) is 0 Å². The Balaban J connectivity index is 3.09. The third-order valence-electron chi connectivity index (χ3n) is 2.40. The largest absolute Gasteiger partial charge is 0.480 e. The average Bonchev–Trinajstić information content (AvgIpc) is 2.42. The lowest BCUT2D eigenvalue weighted by Gasteiger charge is -2.19. The highest BCUT2D eigenvalue weighted by Gasteiger charge is 2.19. The fraction of sp³-hybridized carbons (Fsp3) is 0.214. The monoisotopic (exact) mass is 260 g/mol. The summed E-state index contributed by atoms with van der Waals surface area (Å²) in [5.41, 5.74) is 0.612. The summed E-state index contributed by atoms with van der Waals surface area (Å²) in [6.07, 6.45) is 3.17. The van der Waals surface area contributed by atoms with Crippen LogP contribution in [-0.4, -0.2) is 34.7 Å². The van der Waals surface area contributed by atoms with Crippen molar-refractivity contribution in [1.29, 1.82) is 0 Å². The van der Waals surface area contributed by atoms with Gasteiger partial charge in [0.1, 0.15) is 6.54 Å². The topological polar surface area (TPSA) is 74.7 Å². The van der Waals surface area contributed by atoms with E-state index in [1.165, 1.54) is 6.08 Å². The molecule has 0 saturated heterocycles. The van der Waals surface area contributed by atoms with E-state index in [0.717, 1.165) is 4.90 Å². The van der Waals surface area contributed by atoms with Gasteiger partial charge in [0, 0.05) is 6.42 Å². The van der Waals surface area contributed by atoms with Gasteiger partial charge in [-0.05, 0) is 11.6 Å². The van der Waals surface area contributed by atoms with Crippen LogP contribution >= 0.6 is 0 Å². The number of amides is 1. The Labute approximate surface area is 111 Å². The van der Waals surface area contributed by atoms with Crippen LogP contribution in [0.15, 0.2) is 36.0 Å². The molecule has 0 aliphatic carbocycles. The highest BCUT2D eigenvalue weighted by Crippen LogP contribution is 2.10. The van der Waals surface area contributed by atoms with Crippen molar-refractivity contribution in [3.63, 3.8) is 0 Å². The second-order valence-electron chi connectivity index (χ2n) is 3.77. The minimum atomic E-state index is -1.18. The Morgan fingerprint density at radius 1 is 1.32 bits per heavy atom. The number of carboxylic acid groups (broad SMARTS) is 1. The molecule has 1 N–H and O–H groups in total. The van der Waals surface area contributed by atoms with Crippen LogP contribution in [0.5, 0.6) is 0 Å². The number of aliphatic carboxylic acids is 1. The van der Waals surface area contributed by atoms with Gasteiger partial charge in [0.15, 0.2) is 0 Å². The number of benzene rings is 1. The molecule has 0 bridgehead atoms. The van der Waals surface area contributed by atoms with Gasteiger partial charge in [-0.3, -0.25) is 19.3 Å². The first-order valence-corrected chi connectivity index (χ1v) is 5.75. The van der Waals surface area contributed by atoms with Crippen LogP contribution in [-0.2, 0) is 14.4 Å². The standard InChI is InChI=1S/C14H14NO4/c1-2-13(17)15(9-14(18)19)12(10-16)8-11-6-4-3-5-7-11/h3-8H,2,9H2,1H3,(H,18,19). The summed E-state index contributed by atoms with van der Waals surface area (Å²) in [5.74, 6) is -1.62. The third kappa shape index (κ3) is 4.39. The van der Waals surface area contributed by atoms with Gasteiger partial charge < -0.3 is 5.11 Å². The minimum Gasteiger partial charge on any atom is -0.480 e. The predicted molar refractivity (Wildman–Crippen MR) is 69.8 cm³/mol. The van der Waals surface area contributed by atoms with Crippen molar-refractivity contribution in [2.75, 3.05) is 6.54 Å². The van der Waals surface area contributed by atoms with Crippen LogP contribution < -0.4 is 0 Å². The smallest absolute Gasteiger partial charge is 0.323 e. The van der Waals surface area contributed by atoms with E-state index in [-0.39, 0.29) is 12.1 Å². The molecule has 1 aromatic carbocycles. The van der Waals surface area contributed by atoms with Crippen molar-refractivity contribution in [2.45, 2.75) is 13.3 Å². The second-order valence-corrected chi connectivity index (χ2v) is 3.77. The normalized spacial score (nSPS) is 10.9. The van der Waals surface area contributed by atoms with E-state index in [1.54, 1.807) is 37.5 Å². The fourth-order valence-electron chi connectivity index (χ4n) is 1.50. The lowest BCUT2D eigenvalue weighted by Crippen LogP contribution is -2.35. The van der Waals surface area contributed by atoms with Gasteiger partial charge >= 0.3 is 5.97 Å². The fourth-order valence-corrected chi connectivity index (χ4v) is 1.50. The molecule has 0 aliphatic rings. The van der Waals surface area contributed by atoms with Crippen molar-refractivity contribution >= 4 is 24.2 Å². The molecule has 0 spiro atoms. The molecule has 1 radical (unpaired) electrons. The summed E-state index contributed by atoms with van der Waals surface area (Å²) in [6, 6.07) is 8.85. The van der Waals surface area contributed by atoms with Crippen LogP contribution in [0.25, 0.3) is 6.08 Å². The first-order chi connectivity index (χ1) is 9.08. The molecule has 0 unspecified atom stereocenters. The maximum Gasteiger partial charge on any atom is 0.323 e. The molecule has 99 valence electrons. The summed E-state index contributed by atoms with van der Waals surface area (Å²) in [4.78, 5) is 34.3. The lowest BCUT2D eigenvalue weighted by atomic mass is 10.2. The van der Waals surface area contributed by atoms with Gasteiger partial charge in [0.2, 0.25) is 5.91 Å². The van der Waals surface area contributed by atoms with Crippen molar-refractivity contribution in [1.82, 2.24) is 4.90 Å². The Bertz CT molecular complexity index is 493. The zero-order valence-electron chi connectivity index (χ0n) is 10.5. The van der Waals surface area contributed by atoms with Crippen molar-refractivity contribution in [3.05, 3.63) is 41.6 Å². The van der Waals surface area contributed by atoms with Crippen LogP contribution in [0, 0.1) is 0 Å². The third-order valence-corrected chi connectivity index (χ3v) is 2.40. The van der Waals surface area contributed by atoms with Crippen molar-refractivity contribution in [3.8, 4) is 0 Å². The van der Waals surface area contributed by atoms with Gasteiger partial charge in [-0.2, -0.15) is 0 Å². The average molecular weight is 260 g/mol. The Kier molecular flexibility index (Phi) is 5.47. The predicted octanol–water partition coefficient (Wildman–Crippen LogP) is 1.46. The zero-order valence-corrected chi connectivity index (χ0v) is 10.5. The first kappa shape index (κ1) is 14.6. The molecule has 0 heterocycles. The molecule has 1 amide bonds. The second kappa shape index (κ2) is 7.10. The molecule has 0 aromatic heterocycles. The Morgan fingerprint density at radius 3 is 2.42 bits per heavy atom. The molecule has 5 nitrogen and oxygen atoms in total. The highest BCUT2D eigenvalue weighted by atomic mass is 16.4. The zero-order chi connectivity index (χ0) is 14.3. The van der Waals surface area contributed by atoms with Gasteiger partial charge in [0.25, 0.3) is 6.29 Å². The maximum atomic E-state index is 11.7. The van der Waals surface area contributed by atoms with Gasteiger partial charge in [-0.25, -0.2) is 0 Å². The van der Waals surface area contributed by atoms with E-state index < -0.39 is 18.4 Å². The molecule has 5 heteroatoms. The molecule has 0 atom stereocenters. The summed E-state index contributed by atoms with van der Waals surface area (Å²) in [6.45, 7) is 1.04. The van der Waals surface area contributed by atoms with E-state index >= 15 is 0 Å². The summed E-state index contributed by atoms with van der Waals surface area (Å²) in [5, 5.41) is 8.79. The molecule has 0 fully saturated rings. The van der Waals surface area contributed by atoms with E-state index in [4.69, 9.17) is 5.11 Å². The number of rotatable bonds is 6. The SMILES string of the molecule is CCC(=O)N(CC(=O)O)C([C]=O)=Cc1ccccc1. The molecule has 19 heavy (non-hydrogen) atoms. The number of nitrogens with zero attached hydrogens (tertiary/aromatic N) is 1. The van der Waals surface area contributed by atoms with Crippen molar-refractivity contribution < 1.29 is 19.5 Å². The first-order valence-electron chi connectivity index (χ1n) is 5.75. The van der Waals surface area contributed by atoms with E-state index in [9.17, 15) is 14.4 Å². The Hall–Kier alpha value is -2.43. The molecule has 1 aromatic rings. The number of hydrogen-bond acceptors (Lipinski definition) is 3. The molecule has 0 saturated carbocycles. The van der Waals surface area contributed by atoms with Gasteiger partial charge in [-0.15, -0.1) is 0 Å². The minimum absolute atomic E-state index is 0.0829. The van der Waals surface area contributed by atoms with Gasteiger partial charge in [-0.1, -0.05) is 37.3 Å². The van der Waals surface area contributed by atoms with E-state index in [1.807, 2.05) is 6.07 Å². The van der Waals surface area contributed by atoms with E-state index in [2.05, 4.69) is 0 Å². The van der Waals surface area contributed by atoms with Gasteiger partial charge in [0.05, 0.1) is 5.70 Å². The number of carboxylic acids is 1. The van der Waals surface area contributed by atoms with Crippen molar-refractivity contribution in [2.24, 2.45) is 0 Å². The van der Waals surface area contributed by atoms with Crippen LogP contribution in [0.4, 0.5) is 0 Å². The lowest BCUT2D eigenvalue weighted by molar-refractivity contribution is -0.142. The molecular formula is C14H14NO4. The summed E-state index contributed by atoms with van der Waals surface area (Å²) >= 11 is 0. The Morgan fingerprint density at radius 2 is 1.95 bits per heavy atom. The molecule has 0 aliphatic heterocycles. The quantitative estimate of drug-likeness (QED) is 0.786. The van der Waals surface area contributed by atoms with E-state index in [0.29, 0.717) is 5.56 Å². The molecule has 1 rings (SSSR count). The molecular weight excluding hydrogens is 246 g/mol. The summed E-state index contributed by atoms with van der Waals surface area (Å²) < 4.78 is 0. The van der Waals surface area contributed by atoms with Crippen LogP contribution in [0.1, 0.15) is 18.9 Å². The number of carbonyl (C=O) groups is 2. The number of hydrogen-bond donors (Lipinski definition) is 1. The van der Waals surface area contributed by atoms with Crippen LogP contribution in [0.3, 0.4) is 0 Å². The number of allylic oxidation sites excluding steroid dienone is 1. The maximum absolute atomic E-state index is 11.7. The summed E-state index contributed by atoms with van der Waals surface area (Å²) in [7, 11) is 0. The highest BCUT2D eigenvalue weighted by molar-refractivity contribution is 5.92. The number of carbonyl (C=O) groups excluding carboxylic acids is 2.